The highest BCUT2D eigenvalue weighted by Gasteiger charge is 2.09. The molecule has 4 heteroatoms. The number of benzene rings is 1. The summed E-state index contributed by atoms with van der Waals surface area (Å²) in [6, 6.07) is 13.3. The molecule has 0 spiro atoms. The molecule has 2 rings (SSSR count). The summed E-state index contributed by atoms with van der Waals surface area (Å²) in [5.74, 6) is -0.191. The standard InChI is InChI=1S/C14H13ClN2O/c15-13-12(7-4-9-16-13)14(18)17-10-8-11-5-2-1-3-6-11/h1-7,9H,8,10H2,(H,17,18). The number of nitrogens with one attached hydrogen (secondary N) is 1. The zero-order chi connectivity index (χ0) is 12.8. The molecule has 0 fully saturated rings. The smallest absolute Gasteiger partial charge is 0.254 e. The third-order valence-corrected chi connectivity index (χ3v) is 2.85. The molecule has 0 saturated carbocycles. The van der Waals surface area contributed by atoms with E-state index in [1.807, 2.05) is 30.3 Å². The van der Waals surface area contributed by atoms with E-state index in [1.54, 1.807) is 18.3 Å². The first-order valence-corrected chi connectivity index (χ1v) is 6.08. The van der Waals surface area contributed by atoms with Gasteiger partial charge in [-0.25, -0.2) is 4.98 Å². The van der Waals surface area contributed by atoms with Crippen LogP contribution in [0.1, 0.15) is 15.9 Å². The van der Waals surface area contributed by atoms with Crippen LogP contribution >= 0.6 is 11.6 Å². The lowest BCUT2D eigenvalue weighted by Gasteiger charge is -2.06. The molecular weight excluding hydrogens is 248 g/mol. The van der Waals surface area contributed by atoms with Crippen molar-refractivity contribution in [3.05, 3.63) is 64.9 Å². The second-order valence-corrected chi connectivity index (χ2v) is 4.19. The minimum Gasteiger partial charge on any atom is -0.352 e. The molecule has 0 aliphatic carbocycles. The van der Waals surface area contributed by atoms with Crippen LogP contribution in [0.4, 0.5) is 0 Å². The van der Waals surface area contributed by atoms with Crippen LogP contribution in [-0.2, 0) is 6.42 Å². The molecule has 0 radical (unpaired) electrons. The minimum atomic E-state index is -0.191. The van der Waals surface area contributed by atoms with Crippen molar-refractivity contribution in [2.24, 2.45) is 0 Å². The van der Waals surface area contributed by atoms with Crippen molar-refractivity contribution >= 4 is 17.5 Å². The van der Waals surface area contributed by atoms with Crippen LogP contribution in [-0.4, -0.2) is 17.4 Å². The van der Waals surface area contributed by atoms with E-state index in [2.05, 4.69) is 10.3 Å². The fourth-order valence-corrected chi connectivity index (χ4v) is 1.82. The van der Waals surface area contributed by atoms with Crippen molar-refractivity contribution in [2.45, 2.75) is 6.42 Å². The Morgan fingerprint density at radius 3 is 2.67 bits per heavy atom. The highest BCUT2D eigenvalue weighted by Crippen LogP contribution is 2.10. The summed E-state index contributed by atoms with van der Waals surface area (Å²) < 4.78 is 0. The molecule has 0 saturated heterocycles. The molecule has 2 aromatic rings. The highest BCUT2D eigenvalue weighted by molar-refractivity contribution is 6.32. The normalized spacial score (nSPS) is 10.1. The minimum absolute atomic E-state index is 0.191. The van der Waals surface area contributed by atoms with E-state index in [0.717, 1.165) is 6.42 Å². The summed E-state index contributed by atoms with van der Waals surface area (Å²) in [7, 11) is 0. The Morgan fingerprint density at radius 2 is 1.94 bits per heavy atom. The Hall–Kier alpha value is -1.87. The van der Waals surface area contributed by atoms with Gasteiger partial charge in [0, 0.05) is 12.7 Å². The number of carbonyl (C=O) groups excluding carboxylic acids is 1. The van der Waals surface area contributed by atoms with Crippen LogP contribution in [0.3, 0.4) is 0 Å². The lowest BCUT2D eigenvalue weighted by molar-refractivity contribution is 0.0954. The van der Waals surface area contributed by atoms with Gasteiger partial charge in [-0.3, -0.25) is 4.79 Å². The van der Waals surface area contributed by atoms with Crippen LogP contribution < -0.4 is 5.32 Å². The van der Waals surface area contributed by atoms with Gasteiger partial charge < -0.3 is 5.32 Å². The molecule has 0 atom stereocenters. The number of hydrogen-bond donors (Lipinski definition) is 1. The molecule has 0 aliphatic rings. The number of hydrogen-bond acceptors (Lipinski definition) is 2. The Morgan fingerprint density at radius 1 is 1.17 bits per heavy atom. The summed E-state index contributed by atoms with van der Waals surface area (Å²) in [4.78, 5) is 15.7. The van der Waals surface area contributed by atoms with Gasteiger partial charge in [0.05, 0.1) is 5.56 Å². The monoisotopic (exact) mass is 260 g/mol. The summed E-state index contributed by atoms with van der Waals surface area (Å²) >= 11 is 5.84. The Balaban J connectivity index is 1.88. The Kier molecular flexibility index (Phi) is 4.31. The summed E-state index contributed by atoms with van der Waals surface area (Å²) in [6.07, 6.45) is 2.35. The predicted octanol–water partition coefficient (Wildman–Crippen LogP) is 2.71. The molecule has 1 aromatic heterocycles. The lowest BCUT2D eigenvalue weighted by atomic mass is 10.1. The van der Waals surface area contributed by atoms with Gasteiger partial charge in [-0.1, -0.05) is 41.9 Å². The van der Waals surface area contributed by atoms with Gasteiger partial charge in [0.25, 0.3) is 5.91 Å². The molecule has 3 nitrogen and oxygen atoms in total. The van der Waals surface area contributed by atoms with Gasteiger partial charge in [0.1, 0.15) is 5.15 Å². The van der Waals surface area contributed by atoms with E-state index < -0.39 is 0 Å². The van der Waals surface area contributed by atoms with Gasteiger partial charge in [-0.15, -0.1) is 0 Å². The number of aromatic nitrogens is 1. The van der Waals surface area contributed by atoms with Crippen molar-refractivity contribution in [3.63, 3.8) is 0 Å². The molecule has 18 heavy (non-hydrogen) atoms. The molecule has 92 valence electrons. The maximum absolute atomic E-state index is 11.8. The van der Waals surface area contributed by atoms with Gasteiger partial charge >= 0.3 is 0 Å². The maximum atomic E-state index is 11.8. The molecule has 0 unspecified atom stereocenters. The van der Waals surface area contributed by atoms with Crippen LogP contribution in [0, 0.1) is 0 Å². The molecule has 0 bridgehead atoms. The van der Waals surface area contributed by atoms with Gasteiger partial charge in [-0.05, 0) is 24.1 Å². The SMILES string of the molecule is O=C(NCCc1ccccc1)c1cccnc1Cl. The van der Waals surface area contributed by atoms with Crippen LogP contribution in [0.25, 0.3) is 0 Å². The second-order valence-electron chi connectivity index (χ2n) is 3.83. The fraction of sp³-hybridized carbons (Fsp3) is 0.143. The second kappa shape index (κ2) is 6.17. The zero-order valence-corrected chi connectivity index (χ0v) is 10.5. The van der Waals surface area contributed by atoms with Crippen LogP contribution in [0.5, 0.6) is 0 Å². The number of halogens is 1. The predicted molar refractivity (Wildman–Crippen MR) is 71.7 cm³/mol. The van der Waals surface area contributed by atoms with Gasteiger partial charge in [0.2, 0.25) is 0 Å². The summed E-state index contributed by atoms with van der Waals surface area (Å²) in [5, 5.41) is 3.06. The topological polar surface area (TPSA) is 42.0 Å². The molecule has 1 aromatic carbocycles. The third kappa shape index (κ3) is 3.31. The largest absolute Gasteiger partial charge is 0.352 e. The first-order valence-electron chi connectivity index (χ1n) is 5.70. The maximum Gasteiger partial charge on any atom is 0.254 e. The van der Waals surface area contributed by atoms with Gasteiger partial charge in [0.15, 0.2) is 0 Å². The van der Waals surface area contributed by atoms with E-state index in [4.69, 9.17) is 11.6 Å². The van der Waals surface area contributed by atoms with Crippen molar-refractivity contribution in [1.82, 2.24) is 10.3 Å². The van der Waals surface area contributed by atoms with E-state index in [-0.39, 0.29) is 11.1 Å². The molecule has 0 aliphatic heterocycles. The van der Waals surface area contributed by atoms with Crippen molar-refractivity contribution in [1.29, 1.82) is 0 Å². The Labute approximate surface area is 111 Å². The van der Waals surface area contributed by atoms with Gasteiger partial charge in [-0.2, -0.15) is 0 Å². The lowest BCUT2D eigenvalue weighted by Crippen LogP contribution is -2.26. The van der Waals surface area contributed by atoms with Crippen LogP contribution in [0.2, 0.25) is 5.15 Å². The molecule has 1 heterocycles. The summed E-state index contributed by atoms with van der Waals surface area (Å²) in [5.41, 5.74) is 1.60. The van der Waals surface area contributed by atoms with Crippen molar-refractivity contribution < 1.29 is 4.79 Å². The average molecular weight is 261 g/mol. The Bertz CT molecular complexity index is 528. The first kappa shape index (κ1) is 12.6. The van der Waals surface area contributed by atoms with Crippen LogP contribution in [0.15, 0.2) is 48.7 Å². The average Bonchev–Trinajstić information content (AvgIpc) is 2.40. The van der Waals surface area contributed by atoms with E-state index in [9.17, 15) is 4.79 Å². The number of carbonyl (C=O) groups is 1. The fourth-order valence-electron chi connectivity index (χ4n) is 1.62. The quantitative estimate of drug-likeness (QED) is 0.859. The van der Waals surface area contributed by atoms with E-state index >= 15 is 0 Å². The van der Waals surface area contributed by atoms with Crippen molar-refractivity contribution in [2.75, 3.05) is 6.54 Å². The van der Waals surface area contributed by atoms with E-state index in [0.29, 0.717) is 12.1 Å². The molecule has 1 amide bonds. The molecule has 1 N–H and O–H groups in total. The summed E-state index contributed by atoms with van der Waals surface area (Å²) in [6.45, 7) is 0.577. The number of pyridine rings is 1. The van der Waals surface area contributed by atoms with E-state index in [1.165, 1.54) is 5.56 Å². The van der Waals surface area contributed by atoms with Crippen molar-refractivity contribution in [3.8, 4) is 0 Å². The third-order valence-electron chi connectivity index (χ3n) is 2.55. The number of amides is 1. The molecular formula is C14H13ClN2O. The zero-order valence-electron chi connectivity index (χ0n) is 9.77. The number of nitrogens with zero attached hydrogens (tertiary/aromatic N) is 1. The highest BCUT2D eigenvalue weighted by atomic mass is 35.5. The number of rotatable bonds is 4. The first-order chi connectivity index (χ1) is 8.77.